The summed E-state index contributed by atoms with van der Waals surface area (Å²) in [4.78, 5) is 18.3. The first-order chi connectivity index (χ1) is 11.0. The Morgan fingerprint density at radius 2 is 2.17 bits per heavy atom. The van der Waals surface area contributed by atoms with Gasteiger partial charge in [0.1, 0.15) is 18.9 Å². The summed E-state index contributed by atoms with van der Waals surface area (Å²) in [7, 11) is 1.62. The molecule has 2 rings (SSSR count). The van der Waals surface area contributed by atoms with E-state index in [0.29, 0.717) is 36.6 Å². The third-order valence-electron chi connectivity index (χ3n) is 3.45. The van der Waals surface area contributed by atoms with Gasteiger partial charge in [-0.05, 0) is 24.8 Å². The Morgan fingerprint density at radius 1 is 1.54 bits per heavy atom. The molecule has 0 unspecified atom stereocenters. The summed E-state index contributed by atoms with van der Waals surface area (Å²) in [5, 5.41) is 10.2. The lowest BCUT2D eigenvalue weighted by atomic mass is 10.1. The predicted molar refractivity (Wildman–Crippen MR) is 90.2 cm³/mol. The van der Waals surface area contributed by atoms with E-state index in [4.69, 9.17) is 20.5 Å². The fraction of sp³-hybridized carbons (Fsp3) is 0.500. The van der Waals surface area contributed by atoms with Crippen molar-refractivity contribution in [1.82, 2.24) is 5.06 Å². The zero-order valence-electron chi connectivity index (χ0n) is 14.1. The quantitative estimate of drug-likeness (QED) is 0.773. The normalized spacial score (nSPS) is 19.2. The highest BCUT2D eigenvalue weighted by molar-refractivity contribution is 5.57. The first kappa shape index (κ1) is 24.5. The number of nitrogens with two attached hydrogens (primary N) is 1. The first-order valence-corrected chi connectivity index (χ1v) is 7.16. The fourth-order valence-electron chi connectivity index (χ4n) is 2.29. The van der Waals surface area contributed by atoms with Crippen molar-refractivity contribution in [1.29, 1.82) is 0 Å². The Morgan fingerprint density at radius 3 is 2.58 bits per heavy atom. The highest BCUT2D eigenvalue weighted by Crippen LogP contribution is 2.19. The number of benzene rings is 1. The van der Waals surface area contributed by atoms with Crippen LogP contribution in [0.25, 0.3) is 0 Å². The Labute approximate surface area is 143 Å². The molecule has 0 saturated carbocycles. The number of carbonyl (C=O) groups is 2. The smallest absolute Gasteiger partial charge is 0.139 e. The SMILES string of the molecule is C=O.COC[C@H]1C[C@@H](C=O)N(O)C1.Cc1cccc(CN)c1F.O.[HH]. The van der Waals surface area contributed by atoms with Gasteiger partial charge in [0.25, 0.3) is 0 Å². The number of carbonyl (C=O) groups excluding carboxylic acids is 2. The monoisotopic (exact) mass is 348 g/mol. The maximum Gasteiger partial charge on any atom is 0.139 e. The van der Waals surface area contributed by atoms with Gasteiger partial charge in [0.05, 0.1) is 12.6 Å². The van der Waals surface area contributed by atoms with Crippen LogP contribution < -0.4 is 5.73 Å². The van der Waals surface area contributed by atoms with Crippen molar-refractivity contribution in [2.24, 2.45) is 11.7 Å². The van der Waals surface area contributed by atoms with Gasteiger partial charge in [-0.15, -0.1) is 0 Å². The number of ether oxygens (including phenoxy) is 1. The summed E-state index contributed by atoms with van der Waals surface area (Å²) in [6.07, 6.45) is 1.48. The number of nitrogens with zero attached hydrogens (tertiary/aromatic N) is 1. The van der Waals surface area contributed by atoms with Crippen molar-refractivity contribution in [3.05, 3.63) is 35.1 Å². The third-order valence-corrected chi connectivity index (χ3v) is 3.45. The molecule has 1 aromatic carbocycles. The summed E-state index contributed by atoms with van der Waals surface area (Å²) in [5.41, 5.74) is 6.52. The van der Waals surface area contributed by atoms with Crippen molar-refractivity contribution in [2.75, 3.05) is 20.3 Å². The van der Waals surface area contributed by atoms with E-state index in [-0.39, 0.29) is 25.3 Å². The van der Waals surface area contributed by atoms with Gasteiger partial charge in [0.15, 0.2) is 0 Å². The van der Waals surface area contributed by atoms with Gasteiger partial charge < -0.3 is 30.7 Å². The fourth-order valence-corrected chi connectivity index (χ4v) is 2.29. The van der Waals surface area contributed by atoms with Crippen LogP contribution in [0.5, 0.6) is 0 Å². The molecule has 24 heavy (non-hydrogen) atoms. The van der Waals surface area contributed by atoms with E-state index in [9.17, 15) is 9.18 Å². The van der Waals surface area contributed by atoms with Crippen LogP contribution in [0.1, 0.15) is 19.0 Å². The van der Waals surface area contributed by atoms with Crippen molar-refractivity contribution < 1.29 is 30.8 Å². The van der Waals surface area contributed by atoms with E-state index in [1.165, 1.54) is 0 Å². The molecule has 1 aliphatic heterocycles. The first-order valence-electron chi connectivity index (χ1n) is 7.16. The summed E-state index contributed by atoms with van der Waals surface area (Å²) >= 11 is 0. The van der Waals surface area contributed by atoms with E-state index in [2.05, 4.69) is 0 Å². The van der Waals surface area contributed by atoms with Crippen molar-refractivity contribution >= 4 is 13.1 Å². The average Bonchev–Trinajstić information content (AvgIpc) is 2.93. The molecular weight excluding hydrogens is 319 g/mol. The number of halogens is 1. The number of methoxy groups -OCH3 is 1. The predicted octanol–water partition coefficient (Wildman–Crippen LogP) is 0.741. The molecule has 140 valence electrons. The number of hydroxylamine groups is 2. The summed E-state index contributed by atoms with van der Waals surface area (Å²) in [5.74, 6) is 0.116. The highest BCUT2D eigenvalue weighted by Gasteiger charge is 2.30. The van der Waals surface area contributed by atoms with Gasteiger partial charge in [-0.1, -0.05) is 18.2 Å². The molecule has 0 amide bonds. The second-order valence-corrected chi connectivity index (χ2v) is 5.13. The molecule has 0 radical (unpaired) electrons. The van der Waals surface area contributed by atoms with Crippen LogP contribution in [0.3, 0.4) is 0 Å². The number of aldehydes is 1. The van der Waals surface area contributed by atoms with Gasteiger partial charge in [-0.25, -0.2) is 4.39 Å². The Hall–Kier alpha value is -1.71. The van der Waals surface area contributed by atoms with E-state index >= 15 is 0 Å². The minimum Gasteiger partial charge on any atom is -0.412 e. The van der Waals surface area contributed by atoms with Gasteiger partial charge in [0.2, 0.25) is 0 Å². The lowest BCUT2D eigenvalue weighted by Gasteiger charge is -2.09. The molecular formula is C16H29FN2O5. The lowest BCUT2D eigenvalue weighted by molar-refractivity contribution is -0.133. The second kappa shape index (κ2) is 13.7. The van der Waals surface area contributed by atoms with Crippen molar-refractivity contribution in [2.45, 2.75) is 25.9 Å². The van der Waals surface area contributed by atoms with Crippen LogP contribution in [0.4, 0.5) is 4.39 Å². The maximum absolute atomic E-state index is 12.9. The van der Waals surface area contributed by atoms with E-state index in [1.807, 2.05) is 6.79 Å². The number of aryl methyl sites for hydroxylation is 1. The van der Waals surface area contributed by atoms with Gasteiger partial charge in [-0.2, -0.15) is 5.06 Å². The molecule has 8 heteroatoms. The molecule has 5 N–H and O–H groups in total. The molecule has 0 bridgehead atoms. The zero-order chi connectivity index (χ0) is 17.8. The molecule has 0 spiro atoms. The molecule has 7 nitrogen and oxygen atoms in total. The zero-order valence-corrected chi connectivity index (χ0v) is 14.1. The summed E-state index contributed by atoms with van der Waals surface area (Å²) in [6.45, 7) is 5.15. The Bertz CT molecular complexity index is 482. The number of rotatable bonds is 4. The van der Waals surface area contributed by atoms with Crippen LogP contribution in [-0.4, -0.2) is 55.1 Å². The topological polar surface area (TPSA) is 124 Å². The van der Waals surface area contributed by atoms with Crippen molar-refractivity contribution in [3.63, 3.8) is 0 Å². The van der Waals surface area contributed by atoms with Gasteiger partial charge >= 0.3 is 0 Å². The second-order valence-electron chi connectivity index (χ2n) is 5.13. The van der Waals surface area contributed by atoms with Crippen LogP contribution >= 0.6 is 0 Å². The van der Waals surface area contributed by atoms with E-state index in [0.717, 1.165) is 11.3 Å². The highest BCUT2D eigenvalue weighted by atomic mass is 19.1. The molecule has 0 aliphatic carbocycles. The molecule has 1 aromatic rings. The molecule has 1 aliphatic rings. The number of hydrogen-bond acceptors (Lipinski definition) is 6. The standard InChI is InChI=1S/C8H10FN.C7H13NO3.CH2O.H2O.H2/c1-6-3-2-4-7(5-10)8(6)9;1-11-5-6-2-7(4-9)8(10)3-6;1-2;;/h2-4H,5,10H2,1H3;4,6-7,10H,2-3,5H2,1H3;1H2;1H2;1H/t;6-,7-;;;/m.0.../s1. The minimum absolute atomic E-state index is 0. The number of hydrogen-bond donors (Lipinski definition) is 2. The summed E-state index contributed by atoms with van der Waals surface area (Å²) in [6, 6.07) is 4.91. The third kappa shape index (κ3) is 7.71. The van der Waals surface area contributed by atoms with E-state index < -0.39 is 0 Å². The molecule has 1 heterocycles. The van der Waals surface area contributed by atoms with Crippen LogP contribution in [0.15, 0.2) is 18.2 Å². The lowest BCUT2D eigenvalue weighted by Crippen LogP contribution is -2.26. The Balaban J connectivity index is -0.000000329. The van der Waals surface area contributed by atoms with Crippen LogP contribution in [-0.2, 0) is 20.9 Å². The van der Waals surface area contributed by atoms with Crippen LogP contribution in [0, 0.1) is 18.7 Å². The van der Waals surface area contributed by atoms with E-state index in [1.54, 1.807) is 32.2 Å². The minimum atomic E-state index is -0.324. The Kier molecular flexibility index (Phi) is 14.0. The summed E-state index contributed by atoms with van der Waals surface area (Å²) < 4.78 is 17.8. The molecule has 1 saturated heterocycles. The van der Waals surface area contributed by atoms with Crippen molar-refractivity contribution in [3.8, 4) is 0 Å². The van der Waals surface area contributed by atoms with Crippen LogP contribution in [0.2, 0.25) is 0 Å². The maximum atomic E-state index is 12.9. The molecule has 0 aromatic heterocycles. The largest absolute Gasteiger partial charge is 0.412 e. The average molecular weight is 348 g/mol. The van der Waals surface area contributed by atoms with Gasteiger partial charge in [0, 0.05) is 27.2 Å². The van der Waals surface area contributed by atoms with Gasteiger partial charge in [-0.3, -0.25) is 0 Å². The molecule has 2 atom stereocenters. The molecule has 1 fully saturated rings.